The van der Waals surface area contributed by atoms with Crippen LogP contribution in [0.25, 0.3) is 0 Å². The van der Waals surface area contributed by atoms with Crippen molar-refractivity contribution in [3.05, 3.63) is 47.8 Å². The summed E-state index contributed by atoms with van der Waals surface area (Å²) in [5.74, 6) is -2.55. The first kappa shape index (κ1) is 29.5. The fraction of sp³-hybridized carbons (Fsp3) is 0.429. The van der Waals surface area contributed by atoms with Gasteiger partial charge in [0.25, 0.3) is 0 Å². The number of hydrogen-bond donors (Lipinski definition) is 3. The molecule has 0 aliphatic rings. The number of aromatic carboxylic acids is 1. The maximum Gasteiger partial charge on any atom is 0.410 e. The second kappa shape index (κ2) is 10.8. The van der Waals surface area contributed by atoms with Crippen molar-refractivity contribution >= 4 is 23.6 Å². The van der Waals surface area contributed by atoms with E-state index in [-0.39, 0.29) is 22.8 Å². The summed E-state index contributed by atoms with van der Waals surface area (Å²) in [6.45, 7) is 3.74. The summed E-state index contributed by atoms with van der Waals surface area (Å²) < 4.78 is 80.5. The van der Waals surface area contributed by atoms with E-state index in [2.05, 4.69) is 25.3 Å². The van der Waals surface area contributed by atoms with Crippen LogP contribution in [0.5, 0.6) is 0 Å². The number of carboxylic acids is 1. The minimum absolute atomic E-state index is 0.0441. The highest BCUT2D eigenvalue weighted by Crippen LogP contribution is 2.34. The van der Waals surface area contributed by atoms with E-state index >= 15 is 0 Å². The van der Waals surface area contributed by atoms with Gasteiger partial charge in [-0.2, -0.15) is 26.3 Å². The number of pyridine rings is 2. The zero-order chi connectivity index (χ0) is 27.2. The van der Waals surface area contributed by atoms with Crippen molar-refractivity contribution in [3.8, 4) is 0 Å². The number of anilines is 2. The molecule has 2 rings (SSSR count). The van der Waals surface area contributed by atoms with Crippen molar-refractivity contribution in [1.82, 2.24) is 9.97 Å². The molecule has 14 heteroatoms. The Hall–Kier alpha value is -3.58. The van der Waals surface area contributed by atoms with Crippen molar-refractivity contribution in [2.45, 2.75) is 51.1 Å². The molecule has 8 nitrogen and oxygen atoms in total. The number of alkyl halides is 6. The Balaban J connectivity index is 0.000000351. The number of carbonyl (C=O) groups is 2. The van der Waals surface area contributed by atoms with Gasteiger partial charge in [0.1, 0.15) is 33.8 Å². The second-order valence-electron chi connectivity index (χ2n) is 8.09. The standard InChI is InChI=1S/C11H13F3N2O2.C10H11F3N2O2/c1-10(2,11(12,13)14)16-8-7(9(17)18-3)5-4-6-15-8;1-9(2,10(11,12)13)15-7-6(8(16)17)4-3-5-14-7/h4-6H,1-3H3,(H,15,16);3-5H,1-2H3,(H,14,15)(H,16,17). The molecule has 3 N–H and O–H groups in total. The Morgan fingerprint density at radius 3 is 1.51 bits per heavy atom. The number of methoxy groups -OCH3 is 1. The number of ether oxygens (including phenoxy) is 1. The summed E-state index contributed by atoms with van der Waals surface area (Å²) in [6.07, 6.45) is -6.47. The molecule has 0 atom stereocenters. The largest absolute Gasteiger partial charge is 0.478 e. The smallest absolute Gasteiger partial charge is 0.410 e. The Bertz CT molecular complexity index is 1040. The minimum Gasteiger partial charge on any atom is -0.478 e. The van der Waals surface area contributed by atoms with Gasteiger partial charge in [0.2, 0.25) is 0 Å². The van der Waals surface area contributed by atoms with Crippen LogP contribution in [0.4, 0.5) is 38.0 Å². The summed E-state index contributed by atoms with van der Waals surface area (Å²) in [4.78, 5) is 29.5. The number of hydrogen-bond acceptors (Lipinski definition) is 7. The highest BCUT2D eigenvalue weighted by molar-refractivity contribution is 5.94. The van der Waals surface area contributed by atoms with Crippen LogP contribution in [0.3, 0.4) is 0 Å². The summed E-state index contributed by atoms with van der Waals surface area (Å²) in [5, 5.41) is 13.1. The minimum atomic E-state index is -4.51. The molecule has 194 valence electrons. The number of nitrogens with one attached hydrogen (secondary N) is 2. The first-order valence-corrected chi connectivity index (χ1v) is 9.75. The molecule has 0 spiro atoms. The predicted molar refractivity (Wildman–Crippen MR) is 114 cm³/mol. The quantitative estimate of drug-likeness (QED) is 0.361. The first-order valence-electron chi connectivity index (χ1n) is 9.75. The van der Waals surface area contributed by atoms with E-state index < -0.39 is 35.4 Å². The Morgan fingerprint density at radius 2 is 1.17 bits per heavy atom. The van der Waals surface area contributed by atoms with E-state index in [1.54, 1.807) is 0 Å². The molecule has 2 heterocycles. The third kappa shape index (κ3) is 7.72. The SMILES string of the molecule is CC(C)(Nc1ncccc1C(=O)O)C(F)(F)F.COC(=O)c1cccnc1NC(C)(C)C(F)(F)F. The van der Waals surface area contributed by atoms with Gasteiger partial charge in [-0.3, -0.25) is 0 Å². The van der Waals surface area contributed by atoms with E-state index in [0.29, 0.717) is 0 Å². The number of halogens is 6. The maximum atomic E-state index is 12.7. The lowest BCUT2D eigenvalue weighted by Crippen LogP contribution is -2.46. The molecular weight excluding hydrogens is 486 g/mol. The lowest BCUT2D eigenvalue weighted by atomic mass is 10.0. The van der Waals surface area contributed by atoms with Gasteiger partial charge in [-0.25, -0.2) is 19.6 Å². The molecule has 0 fully saturated rings. The fourth-order valence-electron chi connectivity index (χ4n) is 2.19. The van der Waals surface area contributed by atoms with Crippen LogP contribution < -0.4 is 10.6 Å². The van der Waals surface area contributed by atoms with Gasteiger partial charge >= 0.3 is 24.3 Å². The van der Waals surface area contributed by atoms with Gasteiger partial charge in [0.15, 0.2) is 0 Å². The van der Waals surface area contributed by atoms with E-state index in [4.69, 9.17) is 5.11 Å². The average molecular weight is 510 g/mol. The molecule has 2 aromatic rings. The van der Waals surface area contributed by atoms with Crippen molar-refractivity contribution in [2.24, 2.45) is 0 Å². The van der Waals surface area contributed by atoms with E-state index in [0.717, 1.165) is 34.8 Å². The topological polar surface area (TPSA) is 113 Å². The van der Waals surface area contributed by atoms with Crippen LogP contribution in [-0.2, 0) is 4.74 Å². The van der Waals surface area contributed by atoms with Crippen molar-refractivity contribution < 1.29 is 45.8 Å². The number of carboxylic acid groups (broad SMARTS) is 1. The highest BCUT2D eigenvalue weighted by atomic mass is 19.4. The summed E-state index contributed by atoms with van der Waals surface area (Å²) in [7, 11) is 1.15. The van der Waals surface area contributed by atoms with Crippen LogP contribution in [0, 0.1) is 0 Å². The van der Waals surface area contributed by atoms with Crippen LogP contribution in [0.15, 0.2) is 36.7 Å². The van der Waals surface area contributed by atoms with Crippen molar-refractivity contribution in [3.63, 3.8) is 0 Å². The maximum absolute atomic E-state index is 12.7. The van der Waals surface area contributed by atoms with E-state index in [9.17, 15) is 35.9 Å². The molecule has 0 radical (unpaired) electrons. The monoisotopic (exact) mass is 510 g/mol. The third-order valence-corrected chi connectivity index (χ3v) is 4.53. The molecule has 0 bridgehead atoms. The second-order valence-corrected chi connectivity index (χ2v) is 8.09. The predicted octanol–water partition coefficient (Wildman–Crippen LogP) is 5.15. The molecular formula is C21H24F6N4O4. The van der Waals surface area contributed by atoms with Crippen LogP contribution >= 0.6 is 0 Å². The van der Waals surface area contributed by atoms with E-state index in [1.165, 1.54) is 36.7 Å². The fourth-order valence-corrected chi connectivity index (χ4v) is 2.19. The lowest BCUT2D eigenvalue weighted by Gasteiger charge is -2.29. The summed E-state index contributed by atoms with van der Waals surface area (Å²) in [6, 6.07) is 5.31. The Labute approximate surface area is 196 Å². The molecule has 0 unspecified atom stereocenters. The molecule has 0 aromatic carbocycles. The van der Waals surface area contributed by atoms with Gasteiger partial charge in [0, 0.05) is 12.4 Å². The number of esters is 1. The average Bonchev–Trinajstić information content (AvgIpc) is 2.72. The Kier molecular flexibility index (Phi) is 9.07. The molecule has 35 heavy (non-hydrogen) atoms. The normalized spacial score (nSPS) is 12.2. The molecule has 0 amide bonds. The Morgan fingerprint density at radius 1 is 0.800 bits per heavy atom. The summed E-state index contributed by atoms with van der Waals surface area (Å²) in [5.41, 5.74) is -4.81. The van der Waals surface area contributed by atoms with Gasteiger partial charge in [-0.05, 0) is 52.0 Å². The highest BCUT2D eigenvalue weighted by Gasteiger charge is 2.48. The third-order valence-electron chi connectivity index (χ3n) is 4.53. The van der Waals surface area contributed by atoms with Crippen molar-refractivity contribution in [2.75, 3.05) is 17.7 Å². The molecule has 2 aromatic heterocycles. The molecule has 0 aliphatic carbocycles. The lowest BCUT2D eigenvalue weighted by molar-refractivity contribution is -0.169. The number of rotatable bonds is 6. The zero-order valence-corrected chi connectivity index (χ0v) is 19.3. The van der Waals surface area contributed by atoms with Crippen LogP contribution in [0.1, 0.15) is 48.4 Å². The number of nitrogens with zero attached hydrogens (tertiary/aromatic N) is 2. The molecule has 0 saturated heterocycles. The van der Waals surface area contributed by atoms with Gasteiger partial charge < -0.3 is 20.5 Å². The first-order chi connectivity index (χ1) is 15.8. The molecule has 0 saturated carbocycles. The van der Waals surface area contributed by atoms with Crippen LogP contribution in [0.2, 0.25) is 0 Å². The van der Waals surface area contributed by atoms with Gasteiger partial charge in [-0.15, -0.1) is 0 Å². The van der Waals surface area contributed by atoms with Gasteiger partial charge in [-0.1, -0.05) is 0 Å². The van der Waals surface area contributed by atoms with Crippen LogP contribution in [-0.4, -0.2) is 57.6 Å². The molecule has 0 aliphatic heterocycles. The van der Waals surface area contributed by atoms with Gasteiger partial charge in [0.05, 0.1) is 7.11 Å². The number of aromatic nitrogens is 2. The van der Waals surface area contributed by atoms with Crippen molar-refractivity contribution in [1.29, 1.82) is 0 Å². The zero-order valence-electron chi connectivity index (χ0n) is 19.3. The van der Waals surface area contributed by atoms with E-state index in [1.807, 2.05) is 0 Å². The summed E-state index contributed by atoms with van der Waals surface area (Å²) >= 11 is 0. The number of carbonyl (C=O) groups excluding carboxylic acids is 1.